The summed E-state index contributed by atoms with van der Waals surface area (Å²) in [6.45, 7) is 5.60. The quantitative estimate of drug-likeness (QED) is 0.891. The summed E-state index contributed by atoms with van der Waals surface area (Å²) in [5.74, 6) is 0.759. The summed E-state index contributed by atoms with van der Waals surface area (Å²) in [6.07, 6.45) is 2.45. The number of furan rings is 1. The van der Waals surface area contributed by atoms with Gasteiger partial charge in [-0.2, -0.15) is 0 Å². The maximum atomic E-state index is 10.1. The summed E-state index contributed by atoms with van der Waals surface area (Å²) >= 11 is 1.49. The lowest BCUT2D eigenvalue weighted by atomic mass is 10.1. The summed E-state index contributed by atoms with van der Waals surface area (Å²) in [5, 5.41) is 10.9. The molecule has 2 aromatic rings. The van der Waals surface area contributed by atoms with E-state index in [2.05, 4.69) is 4.98 Å². The first-order chi connectivity index (χ1) is 7.52. The van der Waals surface area contributed by atoms with Crippen LogP contribution < -0.4 is 0 Å². The Morgan fingerprint density at radius 2 is 2.25 bits per heavy atom. The van der Waals surface area contributed by atoms with E-state index in [4.69, 9.17) is 4.42 Å². The molecular weight excluding hydrogens is 222 g/mol. The SMILES string of the molecule is CCc1nc(-c2ccco2)sc1C(C)(C)O. The fourth-order valence-corrected chi connectivity index (χ4v) is 2.70. The average molecular weight is 237 g/mol. The molecule has 4 heteroatoms. The molecule has 0 saturated carbocycles. The van der Waals surface area contributed by atoms with Gasteiger partial charge in [-0.05, 0) is 32.4 Å². The van der Waals surface area contributed by atoms with Crippen molar-refractivity contribution in [3.05, 3.63) is 29.0 Å². The molecule has 0 spiro atoms. The van der Waals surface area contributed by atoms with E-state index in [0.717, 1.165) is 27.8 Å². The van der Waals surface area contributed by atoms with Gasteiger partial charge in [0.1, 0.15) is 0 Å². The van der Waals surface area contributed by atoms with E-state index in [9.17, 15) is 5.11 Å². The summed E-state index contributed by atoms with van der Waals surface area (Å²) in [7, 11) is 0. The van der Waals surface area contributed by atoms with Crippen LogP contribution in [0.2, 0.25) is 0 Å². The first-order valence-corrected chi connectivity index (χ1v) is 6.10. The molecule has 0 aromatic carbocycles. The van der Waals surface area contributed by atoms with Crippen molar-refractivity contribution in [1.82, 2.24) is 4.98 Å². The van der Waals surface area contributed by atoms with Crippen LogP contribution in [-0.2, 0) is 12.0 Å². The Morgan fingerprint density at radius 1 is 1.50 bits per heavy atom. The number of thiazole rings is 1. The van der Waals surface area contributed by atoms with Gasteiger partial charge in [0.2, 0.25) is 0 Å². The molecule has 86 valence electrons. The van der Waals surface area contributed by atoms with Gasteiger partial charge in [-0.1, -0.05) is 6.92 Å². The van der Waals surface area contributed by atoms with Crippen molar-refractivity contribution in [3.8, 4) is 10.8 Å². The van der Waals surface area contributed by atoms with E-state index in [1.807, 2.05) is 19.1 Å². The number of nitrogens with zero attached hydrogens (tertiary/aromatic N) is 1. The molecule has 0 bridgehead atoms. The van der Waals surface area contributed by atoms with Crippen molar-refractivity contribution in [1.29, 1.82) is 0 Å². The second kappa shape index (κ2) is 4.03. The fourth-order valence-electron chi connectivity index (χ4n) is 1.57. The third-order valence-corrected chi connectivity index (χ3v) is 3.74. The zero-order chi connectivity index (χ0) is 11.8. The van der Waals surface area contributed by atoms with Gasteiger partial charge in [0.25, 0.3) is 0 Å². The molecular formula is C12H15NO2S. The molecule has 0 fully saturated rings. The minimum Gasteiger partial charge on any atom is -0.462 e. The lowest BCUT2D eigenvalue weighted by Crippen LogP contribution is -2.15. The molecule has 0 amide bonds. The van der Waals surface area contributed by atoms with Crippen LogP contribution in [0.3, 0.4) is 0 Å². The van der Waals surface area contributed by atoms with Crippen LogP contribution in [0.1, 0.15) is 31.3 Å². The van der Waals surface area contributed by atoms with Crippen molar-refractivity contribution in [2.24, 2.45) is 0 Å². The van der Waals surface area contributed by atoms with Crippen LogP contribution in [0, 0.1) is 0 Å². The van der Waals surface area contributed by atoms with Gasteiger partial charge in [0.15, 0.2) is 10.8 Å². The number of aromatic nitrogens is 1. The molecule has 0 aliphatic heterocycles. The van der Waals surface area contributed by atoms with E-state index in [-0.39, 0.29) is 0 Å². The van der Waals surface area contributed by atoms with E-state index in [1.165, 1.54) is 11.3 Å². The van der Waals surface area contributed by atoms with Crippen LogP contribution in [0.15, 0.2) is 22.8 Å². The normalized spacial score (nSPS) is 12.0. The first-order valence-electron chi connectivity index (χ1n) is 5.28. The van der Waals surface area contributed by atoms with Crippen molar-refractivity contribution in [2.45, 2.75) is 32.8 Å². The second-order valence-electron chi connectivity index (χ2n) is 4.18. The van der Waals surface area contributed by atoms with E-state index >= 15 is 0 Å². The van der Waals surface area contributed by atoms with Crippen LogP contribution in [0.25, 0.3) is 10.8 Å². The highest BCUT2D eigenvalue weighted by molar-refractivity contribution is 7.15. The molecule has 0 atom stereocenters. The minimum absolute atomic E-state index is 0.759. The topological polar surface area (TPSA) is 46.3 Å². The fraction of sp³-hybridized carbons (Fsp3) is 0.417. The highest BCUT2D eigenvalue weighted by atomic mass is 32.1. The lowest BCUT2D eigenvalue weighted by molar-refractivity contribution is 0.0814. The molecule has 0 aliphatic carbocycles. The highest BCUT2D eigenvalue weighted by Gasteiger charge is 2.24. The van der Waals surface area contributed by atoms with Crippen molar-refractivity contribution >= 4 is 11.3 Å². The first kappa shape index (κ1) is 11.4. The van der Waals surface area contributed by atoms with Crippen LogP contribution in [0.5, 0.6) is 0 Å². The smallest absolute Gasteiger partial charge is 0.162 e. The molecule has 0 saturated heterocycles. The molecule has 16 heavy (non-hydrogen) atoms. The predicted molar refractivity (Wildman–Crippen MR) is 64.4 cm³/mol. The predicted octanol–water partition coefficient (Wildman–Crippen LogP) is 3.19. The Bertz CT molecular complexity index is 466. The average Bonchev–Trinajstić information content (AvgIpc) is 2.85. The van der Waals surface area contributed by atoms with Crippen LogP contribution >= 0.6 is 11.3 Å². The molecule has 0 unspecified atom stereocenters. The largest absolute Gasteiger partial charge is 0.462 e. The third-order valence-electron chi connectivity index (χ3n) is 2.32. The molecule has 0 radical (unpaired) electrons. The number of aliphatic hydroxyl groups is 1. The van der Waals surface area contributed by atoms with Gasteiger partial charge < -0.3 is 9.52 Å². The Balaban J connectivity index is 2.48. The van der Waals surface area contributed by atoms with Gasteiger partial charge in [0, 0.05) is 0 Å². The van der Waals surface area contributed by atoms with Crippen molar-refractivity contribution < 1.29 is 9.52 Å². The standard InChI is InChI=1S/C12H15NO2S/c1-4-8-10(12(2,3)14)16-11(13-8)9-6-5-7-15-9/h5-7,14H,4H2,1-3H3. The zero-order valence-electron chi connectivity index (χ0n) is 9.65. The number of hydrogen-bond acceptors (Lipinski definition) is 4. The van der Waals surface area contributed by atoms with E-state index in [1.54, 1.807) is 20.1 Å². The molecule has 1 N–H and O–H groups in total. The summed E-state index contributed by atoms with van der Waals surface area (Å²) in [6, 6.07) is 3.72. The third kappa shape index (κ3) is 2.03. The van der Waals surface area contributed by atoms with Crippen LogP contribution in [0.4, 0.5) is 0 Å². The molecule has 2 aromatic heterocycles. The van der Waals surface area contributed by atoms with Gasteiger partial charge >= 0.3 is 0 Å². The van der Waals surface area contributed by atoms with E-state index in [0.29, 0.717) is 0 Å². The minimum atomic E-state index is -0.839. The number of hydrogen-bond donors (Lipinski definition) is 1. The Labute approximate surface area is 98.8 Å². The molecule has 2 rings (SSSR count). The second-order valence-corrected chi connectivity index (χ2v) is 5.18. The van der Waals surface area contributed by atoms with Crippen molar-refractivity contribution in [3.63, 3.8) is 0 Å². The Morgan fingerprint density at radius 3 is 2.69 bits per heavy atom. The molecule has 3 nitrogen and oxygen atoms in total. The van der Waals surface area contributed by atoms with Gasteiger partial charge in [-0.25, -0.2) is 4.98 Å². The van der Waals surface area contributed by atoms with Gasteiger partial charge in [-0.15, -0.1) is 11.3 Å². The summed E-state index contributed by atoms with van der Waals surface area (Å²) < 4.78 is 5.31. The molecule has 2 heterocycles. The lowest BCUT2D eigenvalue weighted by Gasteiger charge is -2.15. The number of rotatable bonds is 3. The van der Waals surface area contributed by atoms with Gasteiger partial charge in [-0.3, -0.25) is 0 Å². The van der Waals surface area contributed by atoms with Crippen molar-refractivity contribution in [2.75, 3.05) is 0 Å². The maximum absolute atomic E-state index is 10.1. The van der Waals surface area contributed by atoms with Gasteiger partial charge in [0.05, 0.1) is 22.4 Å². The maximum Gasteiger partial charge on any atom is 0.162 e. The summed E-state index contributed by atoms with van der Waals surface area (Å²) in [4.78, 5) is 5.42. The number of aryl methyl sites for hydroxylation is 1. The Kier molecular flexibility index (Phi) is 2.86. The Hall–Kier alpha value is -1.13. The summed E-state index contributed by atoms with van der Waals surface area (Å²) in [5.41, 5.74) is 0.109. The van der Waals surface area contributed by atoms with Crippen LogP contribution in [-0.4, -0.2) is 10.1 Å². The highest BCUT2D eigenvalue weighted by Crippen LogP contribution is 2.35. The monoisotopic (exact) mass is 237 g/mol. The molecule has 0 aliphatic rings. The zero-order valence-corrected chi connectivity index (χ0v) is 10.5. The van der Waals surface area contributed by atoms with E-state index < -0.39 is 5.60 Å².